The molecule has 2 aliphatic heterocycles. The third-order valence-electron chi connectivity index (χ3n) is 6.15. The Bertz CT molecular complexity index is 1070. The average molecular weight is 418 g/mol. The largest absolute Gasteiger partial charge is 0.391 e. The molecule has 3 aromatic rings. The molecule has 160 valence electrons. The highest BCUT2D eigenvalue weighted by Gasteiger charge is 2.34. The summed E-state index contributed by atoms with van der Waals surface area (Å²) in [6.45, 7) is 3.86. The van der Waals surface area contributed by atoms with Crippen molar-refractivity contribution in [2.24, 2.45) is 5.92 Å². The Kier molecular flexibility index (Phi) is 5.53. The van der Waals surface area contributed by atoms with Gasteiger partial charge in [0.2, 0.25) is 0 Å². The van der Waals surface area contributed by atoms with Gasteiger partial charge in [0.15, 0.2) is 0 Å². The second-order valence-electron chi connectivity index (χ2n) is 8.24. The molecule has 2 aliphatic rings. The number of carbonyl (C=O) groups excluding carboxylic acids is 1. The standard InChI is InChI=1S/C24H26N4O3/c29-22-16-28(15-19(22)13-20-7-5-17-3-1-2-4-21(17)26-20)24(30)18-6-8-23(25-14-18)27-9-11-31-12-10-27/h1-8,14,19,22,29H,9-13,15-16H2/t19-,22-/m1/s1. The van der Waals surface area contributed by atoms with Crippen LogP contribution in [-0.4, -0.2) is 71.4 Å². The number of fused-ring (bicyclic) bond motifs is 1. The number of pyridine rings is 2. The van der Waals surface area contributed by atoms with Gasteiger partial charge < -0.3 is 19.6 Å². The minimum atomic E-state index is -0.558. The molecule has 0 bridgehead atoms. The zero-order chi connectivity index (χ0) is 21.2. The van der Waals surface area contributed by atoms with Crippen LogP contribution in [0.2, 0.25) is 0 Å². The number of carbonyl (C=O) groups is 1. The van der Waals surface area contributed by atoms with Crippen LogP contribution < -0.4 is 4.90 Å². The smallest absolute Gasteiger partial charge is 0.255 e. The number of hydrogen-bond acceptors (Lipinski definition) is 6. The van der Waals surface area contributed by atoms with Gasteiger partial charge >= 0.3 is 0 Å². The van der Waals surface area contributed by atoms with E-state index in [0.29, 0.717) is 38.3 Å². The van der Waals surface area contributed by atoms with Gasteiger partial charge in [-0.15, -0.1) is 0 Å². The summed E-state index contributed by atoms with van der Waals surface area (Å²) in [6.07, 6.45) is 1.72. The van der Waals surface area contributed by atoms with Crippen LogP contribution in [0.5, 0.6) is 0 Å². The SMILES string of the molecule is O=C(c1ccc(N2CCOCC2)nc1)N1C[C@@H](Cc2ccc3ccccc3n2)[C@H](O)C1. The number of morpholine rings is 1. The number of anilines is 1. The highest BCUT2D eigenvalue weighted by molar-refractivity contribution is 5.94. The predicted octanol–water partition coefficient (Wildman–Crippen LogP) is 2.14. The van der Waals surface area contributed by atoms with Gasteiger partial charge in [0.1, 0.15) is 5.82 Å². The van der Waals surface area contributed by atoms with E-state index in [1.54, 1.807) is 11.1 Å². The van der Waals surface area contributed by atoms with Crippen molar-refractivity contribution >= 4 is 22.6 Å². The molecule has 5 rings (SSSR count). The minimum Gasteiger partial charge on any atom is -0.391 e. The average Bonchev–Trinajstić information content (AvgIpc) is 3.19. The lowest BCUT2D eigenvalue weighted by Gasteiger charge is -2.27. The highest BCUT2D eigenvalue weighted by Crippen LogP contribution is 2.24. The van der Waals surface area contributed by atoms with E-state index in [9.17, 15) is 9.90 Å². The zero-order valence-corrected chi connectivity index (χ0v) is 17.4. The van der Waals surface area contributed by atoms with Gasteiger partial charge in [-0.1, -0.05) is 24.3 Å². The zero-order valence-electron chi connectivity index (χ0n) is 17.4. The topological polar surface area (TPSA) is 78.8 Å². The molecular formula is C24H26N4O3. The summed E-state index contributed by atoms with van der Waals surface area (Å²) in [4.78, 5) is 26.1. The Morgan fingerprint density at radius 3 is 2.71 bits per heavy atom. The third kappa shape index (κ3) is 4.24. The van der Waals surface area contributed by atoms with Gasteiger partial charge in [-0.25, -0.2) is 4.98 Å². The number of ether oxygens (including phenoxy) is 1. The van der Waals surface area contributed by atoms with Crippen molar-refractivity contribution in [3.8, 4) is 0 Å². The molecule has 1 N–H and O–H groups in total. The fourth-order valence-corrected chi connectivity index (χ4v) is 4.39. The predicted molar refractivity (Wildman–Crippen MR) is 118 cm³/mol. The van der Waals surface area contributed by atoms with Crippen LogP contribution in [0.1, 0.15) is 16.1 Å². The van der Waals surface area contributed by atoms with E-state index in [-0.39, 0.29) is 11.8 Å². The van der Waals surface area contributed by atoms with E-state index < -0.39 is 6.10 Å². The lowest BCUT2D eigenvalue weighted by atomic mass is 9.99. The highest BCUT2D eigenvalue weighted by atomic mass is 16.5. The Morgan fingerprint density at radius 2 is 1.90 bits per heavy atom. The van der Waals surface area contributed by atoms with Gasteiger partial charge in [0, 0.05) is 49.4 Å². The number of hydrogen-bond donors (Lipinski definition) is 1. The number of para-hydroxylation sites is 1. The molecular weight excluding hydrogens is 392 g/mol. The van der Waals surface area contributed by atoms with Crippen molar-refractivity contribution in [2.45, 2.75) is 12.5 Å². The molecule has 1 amide bonds. The molecule has 0 unspecified atom stereocenters. The minimum absolute atomic E-state index is 0.0294. The first-order valence-corrected chi connectivity index (χ1v) is 10.8. The summed E-state index contributed by atoms with van der Waals surface area (Å²) >= 11 is 0. The summed E-state index contributed by atoms with van der Waals surface area (Å²) in [5, 5.41) is 11.7. The number of aliphatic hydroxyl groups is 1. The summed E-state index contributed by atoms with van der Waals surface area (Å²) in [5.74, 6) is 0.744. The number of benzene rings is 1. The van der Waals surface area contributed by atoms with E-state index in [1.807, 2.05) is 42.5 Å². The quantitative estimate of drug-likeness (QED) is 0.700. The van der Waals surface area contributed by atoms with Crippen LogP contribution in [0.25, 0.3) is 10.9 Å². The van der Waals surface area contributed by atoms with Crippen LogP contribution in [-0.2, 0) is 11.2 Å². The molecule has 7 nitrogen and oxygen atoms in total. The third-order valence-corrected chi connectivity index (χ3v) is 6.15. The lowest BCUT2D eigenvalue weighted by molar-refractivity contribution is 0.0764. The van der Waals surface area contributed by atoms with Crippen molar-refractivity contribution in [3.63, 3.8) is 0 Å². The van der Waals surface area contributed by atoms with Gasteiger partial charge in [0.25, 0.3) is 5.91 Å². The summed E-state index contributed by atoms with van der Waals surface area (Å²) in [7, 11) is 0. The monoisotopic (exact) mass is 418 g/mol. The summed E-state index contributed by atoms with van der Waals surface area (Å²) in [5.41, 5.74) is 2.44. The lowest BCUT2D eigenvalue weighted by Crippen LogP contribution is -2.36. The van der Waals surface area contributed by atoms with Crippen molar-refractivity contribution in [1.82, 2.24) is 14.9 Å². The maximum absolute atomic E-state index is 13.0. The molecule has 1 aromatic carbocycles. The molecule has 2 atom stereocenters. The van der Waals surface area contributed by atoms with Crippen LogP contribution >= 0.6 is 0 Å². The van der Waals surface area contributed by atoms with Gasteiger partial charge in [-0.05, 0) is 30.7 Å². The second kappa shape index (κ2) is 8.61. The van der Waals surface area contributed by atoms with Crippen molar-refractivity contribution in [3.05, 3.63) is 66.0 Å². The van der Waals surface area contributed by atoms with Crippen molar-refractivity contribution in [2.75, 3.05) is 44.3 Å². The maximum atomic E-state index is 13.0. The summed E-state index contributed by atoms with van der Waals surface area (Å²) in [6, 6.07) is 15.8. The van der Waals surface area contributed by atoms with E-state index in [0.717, 1.165) is 35.5 Å². The molecule has 0 saturated carbocycles. The number of aliphatic hydroxyl groups excluding tert-OH is 1. The first-order valence-electron chi connectivity index (χ1n) is 10.8. The molecule has 2 aromatic heterocycles. The first-order chi connectivity index (χ1) is 15.2. The molecule has 4 heterocycles. The Balaban J connectivity index is 1.24. The number of β-amino-alcohol motifs (C(OH)–C–C–N with tert-alkyl or cyclic N) is 1. The molecule has 31 heavy (non-hydrogen) atoms. The second-order valence-corrected chi connectivity index (χ2v) is 8.24. The Labute approximate surface area is 181 Å². The normalized spacial score (nSPS) is 21.6. The summed E-state index contributed by atoms with van der Waals surface area (Å²) < 4.78 is 5.38. The number of nitrogens with zero attached hydrogens (tertiary/aromatic N) is 4. The van der Waals surface area contributed by atoms with Crippen LogP contribution in [0.15, 0.2) is 54.7 Å². The number of likely N-dealkylation sites (tertiary alicyclic amines) is 1. The molecule has 2 saturated heterocycles. The number of amides is 1. The molecule has 2 fully saturated rings. The van der Waals surface area contributed by atoms with E-state index in [4.69, 9.17) is 9.72 Å². The molecule has 0 aliphatic carbocycles. The van der Waals surface area contributed by atoms with Gasteiger partial charge in [-0.2, -0.15) is 0 Å². The molecule has 7 heteroatoms. The fraction of sp³-hybridized carbons (Fsp3) is 0.375. The molecule has 0 radical (unpaired) electrons. The fourth-order valence-electron chi connectivity index (χ4n) is 4.39. The Morgan fingerprint density at radius 1 is 1.06 bits per heavy atom. The van der Waals surface area contributed by atoms with Crippen LogP contribution in [0.4, 0.5) is 5.82 Å². The van der Waals surface area contributed by atoms with E-state index in [1.165, 1.54) is 0 Å². The van der Waals surface area contributed by atoms with E-state index >= 15 is 0 Å². The Hall–Kier alpha value is -3.03. The van der Waals surface area contributed by atoms with Crippen molar-refractivity contribution < 1.29 is 14.6 Å². The first kappa shape index (κ1) is 19.9. The van der Waals surface area contributed by atoms with Crippen molar-refractivity contribution in [1.29, 1.82) is 0 Å². The van der Waals surface area contributed by atoms with Crippen LogP contribution in [0, 0.1) is 5.92 Å². The molecule has 0 spiro atoms. The van der Waals surface area contributed by atoms with Gasteiger partial charge in [-0.3, -0.25) is 9.78 Å². The maximum Gasteiger partial charge on any atom is 0.255 e. The number of aromatic nitrogens is 2. The van der Waals surface area contributed by atoms with Gasteiger partial charge in [0.05, 0.1) is 30.4 Å². The van der Waals surface area contributed by atoms with Crippen LogP contribution in [0.3, 0.4) is 0 Å². The number of rotatable bonds is 4. The van der Waals surface area contributed by atoms with E-state index in [2.05, 4.69) is 16.0 Å².